The van der Waals surface area contributed by atoms with Crippen molar-refractivity contribution in [1.82, 2.24) is 0 Å². The number of hydrogen-bond donors (Lipinski definition) is 0. The van der Waals surface area contributed by atoms with Crippen LogP contribution in [0.25, 0.3) is 0 Å². The number of unbranched alkanes of at least 4 members (excludes halogenated alkanes) is 3. The molecule has 4 heteroatoms. The van der Waals surface area contributed by atoms with Crippen LogP contribution in [0.4, 0.5) is 0 Å². The molecule has 0 unspecified atom stereocenters. The summed E-state index contributed by atoms with van der Waals surface area (Å²) in [4.78, 5) is 21.3. The Labute approximate surface area is 96.3 Å². The first kappa shape index (κ1) is 16.1. The number of carbonyl (C=O) groups excluding carboxylic acids is 2. The monoisotopic (exact) mass is 216 g/mol. The van der Waals surface area contributed by atoms with Crippen LogP contribution in [0.5, 0.6) is 0 Å². The second-order valence-electron chi connectivity index (χ2n) is 3.16. The van der Waals surface area contributed by atoms with Crippen LogP contribution < -0.4 is 0 Å². The predicted molar refractivity (Wildman–Crippen MR) is 60.3 cm³/mol. The van der Waals surface area contributed by atoms with Gasteiger partial charge >= 0.3 is 5.97 Å². The van der Waals surface area contributed by atoms with E-state index in [4.69, 9.17) is 4.74 Å². The number of hydrogen-bond acceptors (Lipinski definition) is 3. The third-order valence-corrected chi connectivity index (χ3v) is 1.65. The normalized spacial score (nSPS) is 9.00. The Hall–Kier alpha value is -0.328. The van der Waals surface area contributed by atoms with Crippen molar-refractivity contribution in [2.24, 2.45) is 0 Å². The molecule has 0 saturated heterocycles. The Balaban J connectivity index is 0. The third-order valence-electron chi connectivity index (χ3n) is 1.65. The molecule has 0 saturated carbocycles. The lowest BCUT2D eigenvalue weighted by Gasteiger charge is -2.02. The second kappa shape index (κ2) is 10.8. The smallest absolute Gasteiger partial charge is 0.313 e. The van der Waals surface area contributed by atoms with Gasteiger partial charge in [0.25, 0.3) is 0 Å². The first-order valence-corrected chi connectivity index (χ1v) is 4.82. The Morgan fingerprint density at radius 1 is 1.14 bits per heavy atom. The number of rotatable bonds is 7. The molecule has 0 aromatic carbocycles. The number of esters is 1. The number of carbonyl (C=O) groups is 2. The standard InChI is InChI=1S/C10H18O3.Al.3H/c1-3-4-5-6-7-13-10(12)8-9(2)11;;;;/h3-8H2,1-2H3;;;;. The fraction of sp³-hybridized carbons (Fsp3) is 0.800. The van der Waals surface area contributed by atoms with Crippen LogP contribution in [0.1, 0.15) is 46.0 Å². The van der Waals surface area contributed by atoms with Crippen molar-refractivity contribution in [3.63, 3.8) is 0 Å². The minimum Gasteiger partial charge on any atom is -0.465 e. The predicted octanol–water partition coefficient (Wildman–Crippen LogP) is 0.905. The van der Waals surface area contributed by atoms with Crippen LogP contribution in [0.3, 0.4) is 0 Å². The van der Waals surface area contributed by atoms with E-state index < -0.39 is 5.97 Å². The molecule has 3 nitrogen and oxygen atoms in total. The van der Waals surface area contributed by atoms with E-state index in [0.717, 1.165) is 12.8 Å². The zero-order valence-electron chi connectivity index (χ0n) is 8.47. The number of ether oxygens (including phenoxy) is 1. The highest BCUT2D eigenvalue weighted by Gasteiger charge is 2.04. The van der Waals surface area contributed by atoms with E-state index in [1.54, 1.807) is 0 Å². The minimum absolute atomic E-state index is 0. The van der Waals surface area contributed by atoms with Gasteiger partial charge < -0.3 is 4.74 Å². The molecule has 14 heavy (non-hydrogen) atoms. The quantitative estimate of drug-likeness (QED) is 0.275. The molecule has 0 aliphatic carbocycles. The molecule has 82 valence electrons. The Kier molecular flexibility index (Phi) is 12.4. The van der Waals surface area contributed by atoms with E-state index in [-0.39, 0.29) is 29.6 Å². The molecule has 0 N–H and O–H groups in total. The van der Waals surface area contributed by atoms with Gasteiger partial charge in [-0.1, -0.05) is 26.2 Å². The number of ketones is 1. The highest BCUT2D eigenvalue weighted by Crippen LogP contribution is 1.99. The van der Waals surface area contributed by atoms with Gasteiger partial charge in [-0.15, -0.1) is 0 Å². The Morgan fingerprint density at radius 2 is 1.79 bits per heavy atom. The maximum Gasteiger partial charge on any atom is 0.313 e. The summed E-state index contributed by atoms with van der Waals surface area (Å²) in [6.07, 6.45) is 4.24. The van der Waals surface area contributed by atoms with E-state index in [0.29, 0.717) is 6.61 Å². The van der Waals surface area contributed by atoms with Crippen LogP contribution in [0.2, 0.25) is 0 Å². The topological polar surface area (TPSA) is 43.4 Å². The van der Waals surface area contributed by atoms with E-state index in [2.05, 4.69) is 6.92 Å². The van der Waals surface area contributed by atoms with Crippen LogP contribution in [0.15, 0.2) is 0 Å². The molecule has 0 aliphatic heterocycles. The molecule has 0 radical (unpaired) electrons. The van der Waals surface area contributed by atoms with Crippen molar-refractivity contribution < 1.29 is 14.3 Å². The molecule has 0 heterocycles. The Bertz CT molecular complexity index is 169. The molecule has 0 aromatic heterocycles. The van der Waals surface area contributed by atoms with Gasteiger partial charge in [0, 0.05) is 0 Å². The van der Waals surface area contributed by atoms with Crippen molar-refractivity contribution in [3.05, 3.63) is 0 Å². The van der Waals surface area contributed by atoms with Crippen molar-refractivity contribution in [1.29, 1.82) is 0 Å². The summed E-state index contributed by atoms with van der Waals surface area (Å²) in [6.45, 7) is 3.96. The molecule has 0 aliphatic rings. The van der Waals surface area contributed by atoms with Crippen molar-refractivity contribution in [2.45, 2.75) is 46.0 Å². The lowest BCUT2D eigenvalue weighted by molar-refractivity contribution is -0.145. The largest absolute Gasteiger partial charge is 0.465 e. The molecule has 0 spiro atoms. The van der Waals surface area contributed by atoms with Gasteiger partial charge in [0.15, 0.2) is 17.4 Å². The lowest BCUT2D eigenvalue weighted by Crippen LogP contribution is -2.09. The summed E-state index contributed by atoms with van der Waals surface area (Å²) in [5, 5.41) is 0. The third kappa shape index (κ3) is 11.7. The van der Waals surface area contributed by atoms with Crippen LogP contribution in [-0.2, 0) is 14.3 Å². The zero-order chi connectivity index (χ0) is 10.1. The maximum absolute atomic E-state index is 10.8. The lowest BCUT2D eigenvalue weighted by atomic mass is 10.2. The highest BCUT2D eigenvalue weighted by atomic mass is 27.0. The Morgan fingerprint density at radius 3 is 2.29 bits per heavy atom. The summed E-state index contributed by atoms with van der Waals surface area (Å²) in [7, 11) is 0. The van der Waals surface area contributed by atoms with Crippen LogP contribution in [0, 0.1) is 0 Å². The first-order chi connectivity index (χ1) is 6.16. The summed E-state index contributed by atoms with van der Waals surface area (Å²) >= 11 is 0. The highest BCUT2D eigenvalue weighted by molar-refractivity contribution is 5.94. The van der Waals surface area contributed by atoms with Gasteiger partial charge in [-0.2, -0.15) is 0 Å². The summed E-state index contributed by atoms with van der Waals surface area (Å²) < 4.78 is 4.84. The van der Waals surface area contributed by atoms with E-state index in [1.807, 2.05) is 0 Å². The fourth-order valence-electron chi connectivity index (χ4n) is 0.969. The van der Waals surface area contributed by atoms with Gasteiger partial charge in [0.05, 0.1) is 6.61 Å². The molecular formula is C10H21AlO3. The van der Waals surface area contributed by atoms with E-state index in [1.165, 1.54) is 19.8 Å². The average Bonchev–Trinajstić information content (AvgIpc) is 2.02. The average molecular weight is 216 g/mol. The van der Waals surface area contributed by atoms with Crippen LogP contribution >= 0.6 is 0 Å². The molecular weight excluding hydrogens is 195 g/mol. The van der Waals surface area contributed by atoms with Crippen molar-refractivity contribution >= 4 is 29.1 Å². The van der Waals surface area contributed by atoms with Gasteiger partial charge in [0.2, 0.25) is 0 Å². The summed E-state index contributed by atoms with van der Waals surface area (Å²) in [5.41, 5.74) is 0. The molecule has 0 fully saturated rings. The van der Waals surface area contributed by atoms with Crippen molar-refractivity contribution in [3.8, 4) is 0 Å². The molecule has 0 rings (SSSR count). The first-order valence-electron chi connectivity index (χ1n) is 4.82. The molecule has 0 atom stereocenters. The molecule has 0 bridgehead atoms. The molecule has 0 amide bonds. The molecule has 0 aromatic rings. The second-order valence-corrected chi connectivity index (χ2v) is 3.16. The van der Waals surface area contributed by atoms with Crippen molar-refractivity contribution in [2.75, 3.05) is 6.61 Å². The van der Waals surface area contributed by atoms with Crippen LogP contribution in [-0.4, -0.2) is 35.7 Å². The summed E-state index contributed by atoms with van der Waals surface area (Å²) in [6, 6.07) is 0. The zero-order valence-corrected chi connectivity index (χ0v) is 8.47. The summed E-state index contributed by atoms with van der Waals surface area (Å²) in [5.74, 6) is -0.539. The fourth-order valence-corrected chi connectivity index (χ4v) is 0.969. The maximum atomic E-state index is 10.8. The van der Waals surface area contributed by atoms with E-state index >= 15 is 0 Å². The van der Waals surface area contributed by atoms with E-state index in [9.17, 15) is 9.59 Å². The SMILES string of the molecule is CCCCCCOC(=O)CC(C)=O.[AlH3]. The van der Waals surface area contributed by atoms with Gasteiger partial charge in [-0.05, 0) is 13.3 Å². The minimum atomic E-state index is -0.399. The van der Waals surface area contributed by atoms with Gasteiger partial charge in [0.1, 0.15) is 12.2 Å². The van der Waals surface area contributed by atoms with Gasteiger partial charge in [-0.25, -0.2) is 0 Å². The number of Topliss-reactive ketones (excluding diaryl/α,β-unsaturated/α-hetero) is 1. The van der Waals surface area contributed by atoms with Gasteiger partial charge in [-0.3, -0.25) is 9.59 Å².